The van der Waals surface area contributed by atoms with Gasteiger partial charge in [0.1, 0.15) is 11.5 Å². The van der Waals surface area contributed by atoms with Crippen LogP contribution >= 0.6 is 0 Å². The van der Waals surface area contributed by atoms with Crippen LogP contribution in [0.4, 0.5) is 5.69 Å². The number of methoxy groups -OCH3 is 2. The molecule has 0 saturated heterocycles. The number of rotatable bonds is 10. The van der Waals surface area contributed by atoms with Gasteiger partial charge in [0.05, 0.1) is 19.1 Å². The van der Waals surface area contributed by atoms with E-state index in [2.05, 4.69) is 10.1 Å². The number of hydrogen-bond acceptors (Lipinski definition) is 8. The van der Waals surface area contributed by atoms with Crippen LogP contribution < -0.4 is 9.47 Å². The molecule has 1 amide bonds. The molecule has 0 aliphatic heterocycles. The van der Waals surface area contributed by atoms with E-state index in [4.69, 9.17) is 14.0 Å². The highest BCUT2D eigenvalue weighted by Crippen LogP contribution is 2.28. The largest absolute Gasteiger partial charge is 0.497 e. The molecule has 0 N–H and O–H groups in total. The number of carbonyl (C=O) groups is 1. The first-order chi connectivity index (χ1) is 17.5. The van der Waals surface area contributed by atoms with Crippen LogP contribution in [0, 0.1) is 10.1 Å². The van der Waals surface area contributed by atoms with Gasteiger partial charge in [0, 0.05) is 48.8 Å². The van der Waals surface area contributed by atoms with Crippen molar-refractivity contribution in [2.45, 2.75) is 13.0 Å². The fraction of sp³-hybridized carbons (Fsp3) is 0.192. The molecule has 10 heteroatoms. The molecule has 0 saturated carbocycles. The van der Waals surface area contributed by atoms with Gasteiger partial charge in [-0.1, -0.05) is 41.6 Å². The van der Waals surface area contributed by atoms with Crippen molar-refractivity contribution >= 4 is 11.6 Å². The molecule has 184 valence electrons. The van der Waals surface area contributed by atoms with Gasteiger partial charge in [-0.2, -0.15) is 4.98 Å². The summed E-state index contributed by atoms with van der Waals surface area (Å²) in [6.45, 7) is 0.579. The maximum atomic E-state index is 13.3. The summed E-state index contributed by atoms with van der Waals surface area (Å²) >= 11 is 0. The molecular formula is C26H24N4O6. The first-order valence-corrected chi connectivity index (χ1v) is 11.1. The number of nitrogens with zero attached hydrogens (tertiary/aromatic N) is 4. The van der Waals surface area contributed by atoms with Crippen LogP contribution in [0.3, 0.4) is 0 Å². The lowest BCUT2D eigenvalue weighted by Gasteiger charge is -2.22. The predicted molar refractivity (Wildman–Crippen MR) is 131 cm³/mol. The zero-order chi connectivity index (χ0) is 25.5. The summed E-state index contributed by atoms with van der Waals surface area (Å²) in [6.07, 6.45) is 0.293. The third kappa shape index (κ3) is 5.84. The number of benzene rings is 3. The molecule has 1 aromatic heterocycles. The quantitative estimate of drug-likeness (QED) is 0.235. The Balaban J connectivity index is 1.54. The third-order valence-corrected chi connectivity index (χ3v) is 5.48. The van der Waals surface area contributed by atoms with E-state index in [-0.39, 0.29) is 23.7 Å². The standard InChI is InChI=1S/C26H24N4O6/c1-34-22-14-20(15-23(16-22)35-2)25-27-24(36-28-25)11-12-29(17-18-7-4-3-5-8-18)26(31)19-9-6-10-21(13-19)30(32)33/h3-10,13-16H,11-12,17H2,1-2H3. The highest BCUT2D eigenvalue weighted by Gasteiger charge is 2.20. The van der Waals surface area contributed by atoms with Crippen LogP contribution in [-0.2, 0) is 13.0 Å². The highest BCUT2D eigenvalue weighted by molar-refractivity contribution is 5.94. The first-order valence-electron chi connectivity index (χ1n) is 11.1. The molecule has 1 heterocycles. The van der Waals surface area contributed by atoms with Crippen molar-refractivity contribution in [1.29, 1.82) is 0 Å². The summed E-state index contributed by atoms with van der Waals surface area (Å²) in [5.74, 6) is 1.55. The molecule has 0 unspecified atom stereocenters. The molecule has 0 aliphatic rings. The van der Waals surface area contributed by atoms with Crippen molar-refractivity contribution in [2.75, 3.05) is 20.8 Å². The lowest BCUT2D eigenvalue weighted by atomic mass is 10.1. The summed E-state index contributed by atoms with van der Waals surface area (Å²) in [5, 5.41) is 15.2. The molecule has 4 rings (SSSR count). The number of nitro benzene ring substituents is 1. The van der Waals surface area contributed by atoms with Gasteiger partial charge in [-0.3, -0.25) is 14.9 Å². The Morgan fingerprint density at radius 2 is 1.72 bits per heavy atom. The van der Waals surface area contributed by atoms with Crippen molar-refractivity contribution < 1.29 is 23.7 Å². The second kappa shape index (κ2) is 11.1. The van der Waals surface area contributed by atoms with Gasteiger partial charge in [0.2, 0.25) is 11.7 Å². The average molecular weight is 489 g/mol. The fourth-order valence-corrected chi connectivity index (χ4v) is 3.63. The van der Waals surface area contributed by atoms with Crippen LogP contribution in [0.25, 0.3) is 11.4 Å². The summed E-state index contributed by atoms with van der Waals surface area (Å²) in [6, 6.07) is 20.5. The van der Waals surface area contributed by atoms with E-state index in [9.17, 15) is 14.9 Å². The molecule has 0 radical (unpaired) electrons. The Bertz CT molecular complexity index is 1330. The normalized spacial score (nSPS) is 10.6. The second-order valence-corrected chi connectivity index (χ2v) is 7.88. The smallest absolute Gasteiger partial charge is 0.270 e. The number of nitro groups is 1. The van der Waals surface area contributed by atoms with Gasteiger partial charge in [-0.25, -0.2) is 0 Å². The lowest BCUT2D eigenvalue weighted by Crippen LogP contribution is -2.32. The number of non-ortho nitro benzene ring substituents is 1. The van der Waals surface area contributed by atoms with E-state index in [1.807, 2.05) is 30.3 Å². The molecule has 0 aliphatic carbocycles. The Hall–Kier alpha value is -4.73. The molecule has 0 atom stereocenters. The fourth-order valence-electron chi connectivity index (χ4n) is 3.63. The van der Waals surface area contributed by atoms with E-state index < -0.39 is 4.92 Å². The van der Waals surface area contributed by atoms with Crippen molar-refractivity contribution in [3.05, 3.63) is 99.9 Å². The summed E-state index contributed by atoms with van der Waals surface area (Å²) < 4.78 is 16.0. The maximum Gasteiger partial charge on any atom is 0.270 e. The Labute approximate surface area is 207 Å². The number of aromatic nitrogens is 2. The van der Waals surface area contributed by atoms with Gasteiger partial charge in [0.25, 0.3) is 11.6 Å². The molecule has 0 bridgehead atoms. The second-order valence-electron chi connectivity index (χ2n) is 7.88. The highest BCUT2D eigenvalue weighted by atomic mass is 16.6. The summed E-state index contributed by atoms with van der Waals surface area (Å²) in [7, 11) is 3.11. The predicted octanol–water partition coefficient (Wildman–Crippen LogP) is 4.55. The van der Waals surface area contributed by atoms with E-state index in [1.54, 1.807) is 43.4 Å². The van der Waals surface area contributed by atoms with E-state index >= 15 is 0 Å². The average Bonchev–Trinajstić information content (AvgIpc) is 3.40. The van der Waals surface area contributed by atoms with Gasteiger partial charge < -0.3 is 18.9 Å². The number of hydrogen-bond donors (Lipinski definition) is 0. The summed E-state index contributed by atoms with van der Waals surface area (Å²) in [4.78, 5) is 30.1. The third-order valence-electron chi connectivity index (χ3n) is 5.48. The van der Waals surface area contributed by atoms with E-state index in [1.165, 1.54) is 18.2 Å². The number of amides is 1. The van der Waals surface area contributed by atoms with Crippen LogP contribution in [-0.4, -0.2) is 46.6 Å². The van der Waals surface area contributed by atoms with Crippen LogP contribution in [0.15, 0.2) is 77.3 Å². The maximum absolute atomic E-state index is 13.3. The molecular weight excluding hydrogens is 464 g/mol. The van der Waals surface area contributed by atoms with Gasteiger partial charge in [-0.05, 0) is 23.8 Å². The monoisotopic (exact) mass is 488 g/mol. The SMILES string of the molecule is COc1cc(OC)cc(-c2noc(CCN(Cc3ccccc3)C(=O)c3cccc([N+](=O)[O-])c3)n2)c1. The van der Waals surface area contributed by atoms with Crippen LogP contribution in [0.5, 0.6) is 11.5 Å². The van der Waals surface area contributed by atoms with E-state index in [0.717, 1.165) is 5.56 Å². The Morgan fingerprint density at radius 1 is 1.00 bits per heavy atom. The minimum Gasteiger partial charge on any atom is -0.497 e. The van der Waals surface area contributed by atoms with Gasteiger partial charge >= 0.3 is 0 Å². The zero-order valence-electron chi connectivity index (χ0n) is 19.8. The molecule has 3 aromatic carbocycles. The molecule has 0 spiro atoms. The summed E-state index contributed by atoms with van der Waals surface area (Å²) in [5.41, 5.74) is 1.67. The minimum atomic E-state index is -0.522. The zero-order valence-corrected chi connectivity index (χ0v) is 19.8. The molecule has 0 fully saturated rings. The van der Waals surface area contributed by atoms with Gasteiger partial charge in [-0.15, -0.1) is 0 Å². The van der Waals surface area contributed by atoms with Crippen molar-refractivity contribution in [2.24, 2.45) is 0 Å². The lowest BCUT2D eigenvalue weighted by molar-refractivity contribution is -0.384. The Kier molecular flexibility index (Phi) is 7.54. The van der Waals surface area contributed by atoms with Gasteiger partial charge in [0.15, 0.2) is 0 Å². The van der Waals surface area contributed by atoms with Crippen molar-refractivity contribution in [1.82, 2.24) is 15.0 Å². The van der Waals surface area contributed by atoms with Crippen LogP contribution in [0.2, 0.25) is 0 Å². The Morgan fingerprint density at radius 3 is 2.39 bits per heavy atom. The van der Waals surface area contributed by atoms with Crippen molar-refractivity contribution in [3.8, 4) is 22.9 Å². The van der Waals surface area contributed by atoms with Crippen LogP contribution in [0.1, 0.15) is 21.8 Å². The molecule has 4 aromatic rings. The minimum absolute atomic E-state index is 0.143. The number of carbonyl (C=O) groups excluding carboxylic acids is 1. The van der Waals surface area contributed by atoms with E-state index in [0.29, 0.717) is 41.7 Å². The number of ether oxygens (including phenoxy) is 2. The first kappa shape index (κ1) is 24.4. The molecule has 36 heavy (non-hydrogen) atoms. The molecule has 10 nitrogen and oxygen atoms in total. The van der Waals surface area contributed by atoms with Crippen molar-refractivity contribution in [3.63, 3.8) is 0 Å². The topological polar surface area (TPSA) is 121 Å².